The zero-order valence-electron chi connectivity index (χ0n) is 15.8. The molecular weight excluding hydrogens is 388 g/mol. The van der Waals surface area contributed by atoms with Gasteiger partial charge in [-0.2, -0.15) is 0 Å². The van der Waals surface area contributed by atoms with Gasteiger partial charge in [-0.15, -0.1) is 16.8 Å². The summed E-state index contributed by atoms with van der Waals surface area (Å²) < 4.78 is 1.91. The normalized spacial score (nSPS) is 10.4. The second-order valence-corrected chi connectivity index (χ2v) is 6.98. The maximum atomic E-state index is 12.3. The molecule has 0 fully saturated rings. The molecule has 0 saturated heterocycles. The number of thioether (sulfide) groups is 1. The Morgan fingerprint density at radius 2 is 1.72 bits per heavy atom. The summed E-state index contributed by atoms with van der Waals surface area (Å²) in [4.78, 5) is 27.4. The standard InChI is InChI=1S/C20H20N6O2S/c1-3-12-26-19(15-8-10-21-11-9-15)24-25-20(26)29-13-18(28)23-17-6-4-16(5-7-17)22-14(2)27/h3-11H,1,12-13H2,2H3,(H,22,27)(H,23,28). The molecule has 0 unspecified atom stereocenters. The van der Waals surface area contributed by atoms with Gasteiger partial charge >= 0.3 is 0 Å². The van der Waals surface area contributed by atoms with Gasteiger partial charge in [0.25, 0.3) is 0 Å². The smallest absolute Gasteiger partial charge is 0.234 e. The highest BCUT2D eigenvalue weighted by atomic mass is 32.2. The van der Waals surface area contributed by atoms with Crippen LogP contribution in [0.1, 0.15) is 6.92 Å². The summed E-state index contributed by atoms with van der Waals surface area (Å²) in [5.74, 6) is 0.566. The van der Waals surface area contributed by atoms with E-state index in [2.05, 4.69) is 32.4 Å². The number of carbonyl (C=O) groups excluding carboxylic acids is 2. The lowest BCUT2D eigenvalue weighted by molar-refractivity contribution is -0.114. The molecule has 2 aromatic heterocycles. The molecule has 0 spiro atoms. The van der Waals surface area contributed by atoms with E-state index in [-0.39, 0.29) is 17.6 Å². The molecule has 0 bridgehead atoms. The highest BCUT2D eigenvalue weighted by Gasteiger charge is 2.15. The molecule has 148 valence electrons. The molecule has 0 aliphatic rings. The van der Waals surface area contributed by atoms with Crippen LogP contribution in [-0.4, -0.2) is 37.3 Å². The Kier molecular flexibility index (Phi) is 6.75. The minimum atomic E-state index is -0.166. The van der Waals surface area contributed by atoms with Crippen molar-refractivity contribution in [1.29, 1.82) is 0 Å². The Hall–Kier alpha value is -3.46. The Morgan fingerprint density at radius 3 is 2.34 bits per heavy atom. The number of benzene rings is 1. The van der Waals surface area contributed by atoms with E-state index in [9.17, 15) is 9.59 Å². The first-order valence-corrected chi connectivity index (χ1v) is 9.80. The van der Waals surface area contributed by atoms with E-state index in [1.807, 2.05) is 16.7 Å². The van der Waals surface area contributed by atoms with Crippen molar-refractivity contribution in [2.75, 3.05) is 16.4 Å². The first-order valence-electron chi connectivity index (χ1n) is 8.81. The Balaban J connectivity index is 1.63. The van der Waals surface area contributed by atoms with Crippen LogP contribution in [0.2, 0.25) is 0 Å². The zero-order chi connectivity index (χ0) is 20.6. The van der Waals surface area contributed by atoms with Crippen molar-refractivity contribution in [3.63, 3.8) is 0 Å². The molecule has 0 aliphatic carbocycles. The molecule has 3 rings (SSSR count). The number of hydrogen-bond acceptors (Lipinski definition) is 6. The van der Waals surface area contributed by atoms with Crippen LogP contribution < -0.4 is 10.6 Å². The molecule has 2 amide bonds. The van der Waals surface area contributed by atoms with Crippen LogP contribution in [0.15, 0.2) is 66.6 Å². The first-order chi connectivity index (χ1) is 14.1. The molecule has 1 aromatic carbocycles. The number of pyridine rings is 1. The summed E-state index contributed by atoms with van der Waals surface area (Å²) in [5, 5.41) is 14.6. The van der Waals surface area contributed by atoms with E-state index in [1.165, 1.54) is 18.7 Å². The number of carbonyl (C=O) groups is 2. The second-order valence-electron chi connectivity index (χ2n) is 6.04. The Bertz CT molecular complexity index is 1000. The number of allylic oxidation sites excluding steroid dienone is 1. The van der Waals surface area contributed by atoms with Crippen LogP contribution in [0, 0.1) is 0 Å². The predicted molar refractivity (Wildman–Crippen MR) is 114 cm³/mol. The van der Waals surface area contributed by atoms with Gasteiger partial charge in [0.15, 0.2) is 11.0 Å². The fraction of sp³-hybridized carbons (Fsp3) is 0.150. The third-order valence-electron chi connectivity index (χ3n) is 3.79. The number of nitrogens with zero attached hydrogens (tertiary/aromatic N) is 4. The fourth-order valence-electron chi connectivity index (χ4n) is 2.57. The van der Waals surface area contributed by atoms with Gasteiger partial charge in [-0.3, -0.25) is 19.1 Å². The molecule has 2 N–H and O–H groups in total. The average molecular weight is 408 g/mol. The van der Waals surface area contributed by atoms with Gasteiger partial charge < -0.3 is 10.6 Å². The number of anilines is 2. The van der Waals surface area contributed by atoms with Gasteiger partial charge in [0, 0.05) is 42.8 Å². The van der Waals surface area contributed by atoms with Gasteiger partial charge in [-0.1, -0.05) is 17.8 Å². The van der Waals surface area contributed by atoms with Gasteiger partial charge in [0.1, 0.15) is 0 Å². The van der Waals surface area contributed by atoms with Crippen LogP contribution in [0.5, 0.6) is 0 Å². The SMILES string of the molecule is C=CCn1c(SCC(=O)Nc2ccc(NC(C)=O)cc2)nnc1-c1ccncc1. The lowest BCUT2D eigenvalue weighted by atomic mass is 10.2. The monoisotopic (exact) mass is 408 g/mol. The Labute approximate surface area is 172 Å². The molecule has 0 aliphatic heterocycles. The zero-order valence-corrected chi connectivity index (χ0v) is 16.6. The number of hydrogen-bond donors (Lipinski definition) is 2. The predicted octanol–water partition coefficient (Wildman–Crippen LogP) is 3.22. The maximum absolute atomic E-state index is 12.3. The molecule has 29 heavy (non-hydrogen) atoms. The van der Waals surface area contributed by atoms with E-state index >= 15 is 0 Å². The highest BCUT2D eigenvalue weighted by Crippen LogP contribution is 2.24. The van der Waals surface area contributed by atoms with Crippen molar-refractivity contribution in [3.05, 3.63) is 61.4 Å². The number of amides is 2. The lowest BCUT2D eigenvalue weighted by Gasteiger charge is -2.08. The van der Waals surface area contributed by atoms with Crippen molar-refractivity contribution in [1.82, 2.24) is 19.7 Å². The van der Waals surface area contributed by atoms with Crippen molar-refractivity contribution in [2.45, 2.75) is 18.6 Å². The molecule has 3 aromatic rings. The molecule has 0 atom stereocenters. The second kappa shape index (κ2) is 9.65. The largest absolute Gasteiger partial charge is 0.326 e. The Morgan fingerprint density at radius 1 is 1.07 bits per heavy atom. The van der Waals surface area contributed by atoms with Crippen molar-refractivity contribution in [2.24, 2.45) is 0 Å². The van der Waals surface area contributed by atoms with Gasteiger partial charge in [0.05, 0.1) is 5.75 Å². The minimum Gasteiger partial charge on any atom is -0.326 e. The van der Waals surface area contributed by atoms with Crippen molar-refractivity contribution >= 4 is 35.0 Å². The van der Waals surface area contributed by atoms with Gasteiger partial charge in [-0.25, -0.2) is 0 Å². The highest BCUT2D eigenvalue weighted by molar-refractivity contribution is 7.99. The number of rotatable bonds is 8. The maximum Gasteiger partial charge on any atom is 0.234 e. The third kappa shape index (κ3) is 5.52. The summed E-state index contributed by atoms with van der Waals surface area (Å²) in [7, 11) is 0. The molecule has 8 nitrogen and oxygen atoms in total. The van der Waals surface area contributed by atoms with Crippen LogP contribution in [-0.2, 0) is 16.1 Å². The molecule has 0 radical (unpaired) electrons. The van der Waals surface area contributed by atoms with Crippen LogP contribution >= 0.6 is 11.8 Å². The van der Waals surface area contributed by atoms with Crippen molar-refractivity contribution < 1.29 is 9.59 Å². The number of aromatic nitrogens is 4. The fourth-order valence-corrected chi connectivity index (χ4v) is 3.32. The third-order valence-corrected chi connectivity index (χ3v) is 4.76. The van der Waals surface area contributed by atoms with E-state index in [0.29, 0.717) is 28.9 Å². The van der Waals surface area contributed by atoms with Gasteiger partial charge in [0.2, 0.25) is 11.8 Å². The molecule has 0 saturated carbocycles. The summed E-state index contributed by atoms with van der Waals surface area (Å²) in [6, 6.07) is 10.6. The quantitative estimate of drug-likeness (QED) is 0.438. The molecular formula is C20H20N6O2S. The van der Waals surface area contributed by atoms with Crippen LogP contribution in [0.3, 0.4) is 0 Å². The number of nitrogens with one attached hydrogen (secondary N) is 2. The average Bonchev–Trinajstić information content (AvgIpc) is 3.11. The van der Waals surface area contributed by atoms with Crippen LogP contribution in [0.25, 0.3) is 11.4 Å². The molecule has 9 heteroatoms. The minimum absolute atomic E-state index is 0.145. The molecule has 2 heterocycles. The van der Waals surface area contributed by atoms with E-state index in [0.717, 1.165) is 5.56 Å². The van der Waals surface area contributed by atoms with E-state index < -0.39 is 0 Å². The summed E-state index contributed by atoms with van der Waals surface area (Å²) in [6.07, 6.45) is 5.15. The van der Waals surface area contributed by atoms with Crippen molar-refractivity contribution in [3.8, 4) is 11.4 Å². The van der Waals surface area contributed by atoms with Gasteiger partial charge in [-0.05, 0) is 36.4 Å². The summed E-state index contributed by atoms with van der Waals surface area (Å²) in [5.41, 5.74) is 2.21. The summed E-state index contributed by atoms with van der Waals surface area (Å²) in [6.45, 7) is 5.75. The lowest BCUT2D eigenvalue weighted by Crippen LogP contribution is -2.15. The van der Waals surface area contributed by atoms with Crippen LogP contribution in [0.4, 0.5) is 11.4 Å². The summed E-state index contributed by atoms with van der Waals surface area (Å²) >= 11 is 1.30. The van der Waals surface area contributed by atoms with E-state index in [1.54, 1.807) is 42.7 Å². The van der Waals surface area contributed by atoms with E-state index in [4.69, 9.17) is 0 Å². The first kappa shape index (κ1) is 20.3. The topological polar surface area (TPSA) is 102 Å².